The zero-order valence-corrected chi connectivity index (χ0v) is 20.2. The molecule has 0 radical (unpaired) electrons. The van der Waals surface area contributed by atoms with Crippen molar-refractivity contribution in [1.29, 1.82) is 0 Å². The average molecular weight is 389 g/mol. The summed E-state index contributed by atoms with van der Waals surface area (Å²) in [6, 6.07) is 0. The Kier molecular flexibility index (Phi) is 15.9. The summed E-state index contributed by atoms with van der Waals surface area (Å²) in [5.41, 5.74) is 0. The Morgan fingerprint density at radius 1 is 0.560 bits per heavy atom. The average Bonchev–Trinajstić information content (AvgIpc) is 2.53. The Hall–Kier alpha value is 0.507. The molecule has 0 aliphatic rings. The number of rotatable bonds is 18. The maximum Gasteiger partial charge on any atom is 0.156 e. The van der Waals surface area contributed by atoms with E-state index in [-0.39, 0.29) is 0 Å². The fourth-order valence-corrected chi connectivity index (χ4v) is 4.47. The molecule has 0 aromatic carbocycles. The molecule has 0 saturated carbocycles. The minimum absolute atomic E-state index is 0.380. The van der Waals surface area contributed by atoms with E-state index in [1.165, 1.54) is 109 Å². The second-order valence-corrected chi connectivity index (χ2v) is 16.5. The molecule has 0 aliphatic carbocycles. The SMILES string of the molecule is CCCCCCCCCCCCCCCCCCC(C)(C)[Si](C)(C)Cl. The van der Waals surface area contributed by atoms with Crippen LogP contribution in [0.1, 0.15) is 130 Å². The summed E-state index contributed by atoms with van der Waals surface area (Å²) in [6.45, 7) is 11.6. The smallest absolute Gasteiger partial charge is 0.156 e. The lowest BCUT2D eigenvalue weighted by atomic mass is 10.0. The molecule has 152 valence electrons. The molecule has 0 fully saturated rings. The first-order chi connectivity index (χ1) is 11.8. The van der Waals surface area contributed by atoms with Crippen molar-refractivity contribution in [3.63, 3.8) is 0 Å². The van der Waals surface area contributed by atoms with Gasteiger partial charge in [-0.3, -0.25) is 0 Å². The van der Waals surface area contributed by atoms with E-state index in [2.05, 4.69) is 33.9 Å². The quantitative estimate of drug-likeness (QED) is 0.124. The van der Waals surface area contributed by atoms with E-state index in [0.29, 0.717) is 5.04 Å². The van der Waals surface area contributed by atoms with Crippen LogP contribution < -0.4 is 0 Å². The van der Waals surface area contributed by atoms with E-state index in [0.717, 1.165) is 0 Å². The lowest BCUT2D eigenvalue weighted by molar-refractivity contribution is 0.504. The number of unbranched alkanes of at least 4 members (excludes halogenated alkanes) is 15. The third-order valence-corrected chi connectivity index (χ3v) is 11.3. The van der Waals surface area contributed by atoms with Gasteiger partial charge in [0.2, 0.25) is 0 Å². The Balaban J connectivity index is 3.22. The van der Waals surface area contributed by atoms with Crippen LogP contribution in [0, 0.1) is 0 Å². The van der Waals surface area contributed by atoms with Crippen molar-refractivity contribution in [1.82, 2.24) is 0 Å². The molecule has 0 bridgehead atoms. The molecule has 0 saturated heterocycles. The maximum atomic E-state index is 6.63. The van der Waals surface area contributed by atoms with Crippen molar-refractivity contribution >= 4 is 18.5 Å². The molecule has 0 amide bonds. The minimum atomic E-state index is -1.52. The second kappa shape index (κ2) is 15.6. The molecule has 0 N–H and O–H groups in total. The van der Waals surface area contributed by atoms with Gasteiger partial charge in [0.15, 0.2) is 7.38 Å². The van der Waals surface area contributed by atoms with Crippen molar-refractivity contribution in [2.75, 3.05) is 0 Å². The van der Waals surface area contributed by atoms with Crippen LogP contribution in [0.4, 0.5) is 0 Å². The van der Waals surface area contributed by atoms with Crippen LogP contribution in [0.15, 0.2) is 0 Å². The molecule has 0 unspecified atom stereocenters. The molecular formula is C23H49ClSi. The highest BCUT2D eigenvalue weighted by Crippen LogP contribution is 2.44. The fraction of sp³-hybridized carbons (Fsp3) is 1.00. The van der Waals surface area contributed by atoms with Gasteiger partial charge in [-0.15, -0.1) is 0 Å². The van der Waals surface area contributed by atoms with Crippen LogP contribution in [0.5, 0.6) is 0 Å². The summed E-state index contributed by atoms with van der Waals surface area (Å²) in [7, 11) is -1.52. The molecule has 0 atom stereocenters. The third kappa shape index (κ3) is 15.3. The second-order valence-electron chi connectivity index (χ2n) is 9.41. The Morgan fingerprint density at radius 2 is 0.840 bits per heavy atom. The lowest BCUT2D eigenvalue weighted by Gasteiger charge is -2.34. The van der Waals surface area contributed by atoms with Gasteiger partial charge in [-0.2, -0.15) is 11.1 Å². The van der Waals surface area contributed by atoms with E-state index in [9.17, 15) is 0 Å². The van der Waals surface area contributed by atoms with Crippen LogP contribution in [-0.2, 0) is 0 Å². The molecule has 25 heavy (non-hydrogen) atoms. The third-order valence-electron chi connectivity index (χ3n) is 6.26. The molecule has 0 rings (SSSR count). The molecule has 0 aromatic rings. The van der Waals surface area contributed by atoms with Crippen LogP contribution in [0.2, 0.25) is 18.1 Å². The van der Waals surface area contributed by atoms with Crippen molar-refractivity contribution in [2.45, 2.75) is 148 Å². The van der Waals surface area contributed by atoms with Gasteiger partial charge in [-0.25, -0.2) is 0 Å². The Bertz CT molecular complexity index is 280. The molecule has 2 heteroatoms. The highest BCUT2D eigenvalue weighted by molar-refractivity contribution is 7.20. The molecule has 0 spiro atoms. The lowest BCUT2D eigenvalue weighted by Crippen LogP contribution is -2.32. The summed E-state index contributed by atoms with van der Waals surface area (Å²) in [4.78, 5) is 0. The van der Waals surface area contributed by atoms with Crippen molar-refractivity contribution in [2.24, 2.45) is 0 Å². The molecule has 0 aromatic heterocycles. The van der Waals surface area contributed by atoms with Crippen molar-refractivity contribution in [3.8, 4) is 0 Å². The Labute approximate surface area is 166 Å². The zero-order chi connectivity index (χ0) is 19.0. The first kappa shape index (κ1) is 25.5. The molecule has 0 nitrogen and oxygen atoms in total. The predicted octanol–water partition coefficient (Wildman–Crippen LogP) is 9.86. The van der Waals surface area contributed by atoms with Gasteiger partial charge in [0.05, 0.1) is 0 Å². The summed E-state index contributed by atoms with van der Waals surface area (Å²) in [5.74, 6) is 0. The van der Waals surface area contributed by atoms with E-state index >= 15 is 0 Å². The first-order valence-electron chi connectivity index (χ1n) is 11.5. The van der Waals surface area contributed by atoms with Gasteiger partial charge < -0.3 is 0 Å². The topological polar surface area (TPSA) is 0 Å². The molecule has 0 heterocycles. The van der Waals surface area contributed by atoms with Crippen LogP contribution in [0.3, 0.4) is 0 Å². The van der Waals surface area contributed by atoms with Gasteiger partial charge in [0, 0.05) is 0 Å². The monoisotopic (exact) mass is 388 g/mol. The van der Waals surface area contributed by atoms with Gasteiger partial charge in [0.1, 0.15) is 0 Å². The summed E-state index contributed by atoms with van der Waals surface area (Å²) in [6.07, 6.45) is 24.4. The first-order valence-corrected chi connectivity index (χ1v) is 15.5. The Morgan fingerprint density at radius 3 is 1.12 bits per heavy atom. The van der Waals surface area contributed by atoms with Crippen LogP contribution in [0.25, 0.3) is 0 Å². The van der Waals surface area contributed by atoms with Crippen molar-refractivity contribution in [3.05, 3.63) is 0 Å². The van der Waals surface area contributed by atoms with Gasteiger partial charge in [-0.1, -0.05) is 137 Å². The highest BCUT2D eigenvalue weighted by Gasteiger charge is 2.36. The molecular weight excluding hydrogens is 340 g/mol. The van der Waals surface area contributed by atoms with Crippen LogP contribution >= 0.6 is 11.1 Å². The highest BCUT2D eigenvalue weighted by atomic mass is 35.6. The molecule has 0 aliphatic heterocycles. The van der Waals surface area contributed by atoms with Crippen molar-refractivity contribution < 1.29 is 0 Å². The maximum absolute atomic E-state index is 6.63. The summed E-state index contributed by atoms with van der Waals surface area (Å²) in [5, 5.41) is 0.380. The number of hydrogen-bond acceptors (Lipinski definition) is 0. The van der Waals surface area contributed by atoms with E-state index in [4.69, 9.17) is 11.1 Å². The van der Waals surface area contributed by atoms with Gasteiger partial charge in [0.25, 0.3) is 0 Å². The predicted molar refractivity (Wildman–Crippen MR) is 122 cm³/mol. The largest absolute Gasteiger partial charge is 0.167 e. The van der Waals surface area contributed by atoms with E-state index < -0.39 is 7.38 Å². The zero-order valence-electron chi connectivity index (χ0n) is 18.4. The van der Waals surface area contributed by atoms with Gasteiger partial charge in [-0.05, 0) is 11.5 Å². The standard InChI is InChI=1S/C23H49ClSi/c1-6-7-8-9-10-11-12-13-14-15-16-17-18-19-20-21-22-23(2,3)25(4,5)24/h6-22H2,1-5H3. The summed E-state index contributed by atoms with van der Waals surface area (Å²) < 4.78 is 0. The fourth-order valence-electron chi connectivity index (χ4n) is 3.41. The van der Waals surface area contributed by atoms with E-state index in [1.54, 1.807) is 0 Å². The minimum Gasteiger partial charge on any atom is -0.167 e. The van der Waals surface area contributed by atoms with Gasteiger partial charge >= 0.3 is 0 Å². The van der Waals surface area contributed by atoms with Crippen LogP contribution in [-0.4, -0.2) is 7.38 Å². The number of hydrogen-bond donors (Lipinski definition) is 0. The normalized spacial score (nSPS) is 12.7. The summed E-state index contributed by atoms with van der Waals surface area (Å²) >= 11 is 6.63. The number of halogens is 1. The van der Waals surface area contributed by atoms with E-state index in [1.807, 2.05) is 0 Å².